The molecule has 0 saturated heterocycles. The monoisotopic (exact) mass is 187 g/mol. The van der Waals surface area contributed by atoms with E-state index in [0.717, 1.165) is 17.6 Å². The molecule has 0 amide bonds. The van der Waals surface area contributed by atoms with Crippen molar-refractivity contribution in [2.45, 2.75) is 20.3 Å². The fourth-order valence-electron chi connectivity index (χ4n) is 1.53. The normalized spacial score (nSPS) is 12.1. The summed E-state index contributed by atoms with van der Waals surface area (Å²) >= 11 is 0. The van der Waals surface area contributed by atoms with E-state index in [1.165, 1.54) is 0 Å². The van der Waals surface area contributed by atoms with Gasteiger partial charge in [0, 0.05) is 11.6 Å². The van der Waals surface area contributed by atoms with Gasteiger partial charge in [-0.05, 0) is 18.9 Å². The highest BCUT2D eigenvalue weighted by Gasteiger charge is 2.10. The van der Waals surface area contributed by atoms with Crippen LogP contribution >= 0.6 is 0 Å². The molecular formula is C13H17N. The molecule has 0 aliphatic heterocycles. The number of benzene rings is 1. The Morgan fingerprint density at radius 2 is 1.93 bits per heavy atom. The lowest BCUT2D eigenvalue weighted by Gasteiger charge is -2.12. The van der Waals surface area contributed by atoms with Gasteiger partial charge in [-0.1, -0.05) is 42.8 Å². The van der Waals surface area contributed by atoms with Crippen LogP contribution in [0.4, 0.5) is 0 Å². The van der Waals surface area contributed by atoms with Gasteiger partial charge in [0.25, 0.3) is 0 Å². The second kappa shape index (κ2) is 4.75. The second-order valence-corrected chi connectivity index (χ2v) is 3.84. The molecule has 1 aromatic carbocycles. The molecule has 1 N–H and O–H groups in total. The predicted octanol–water partition coefficient (Wildman–Crippen LogP) is 3.66. The van der Waals surface area contributed by atoms with Crippen LogP contribution in [0.3, 0.4) is 0 Å². The molecule has 1 aromatic rings. The SMILES string of the molecule is C=C(C)CC(C)C(=N)c1ccccc1. The summed E-state index contributed by atoms with van der Waals surface area (Å²) < 4.78 is 0. The van der Waals surface area contributed by atoms with Crippen molar-refractivity contribution in [3.63, 3.8) is 0 Å². The van der Waals surface area contributed by atoms with Gasteiger partial charge in [-0.2, -0.15) is 0 Å². The van der Waals surface area contributed by atoms with Crippen molar-refractivity contribution in [1.29, 1.82) is 5.41 Å². The average Bonchev–Trinajstić information content (AvgIpc) is 2.17. The summed E-state index contributed by atoms with van der Waals surface area (Å²) in [6.07, 6.45) is 0.897. The molecule has 0 aliphatic rings. The van der Waals surface area contributed by atoms with Gasteiger partial charge in [-0.3, -0.25) is 0 Å². The third-order valence-electron chi connectivity index (χ3n) is 2.23. The number of allylic oxidation sites excluding steroid dienone is 1. The number of hydrogen-bond acceptors (Lipinski definition) is 1. The lowest BCUT2D eigenvalue weighted by molar-refractivity contribution is 0.757. The summed E-state index contributed by atoms with van der Waals surface area (Å²) in [4.78, 5) is 0. The standard InChI is InChI=1S/C13H17N/c1-10(2)9-11(3)13(14)12-7-5-4-6-8-12/h4-8,11,14H,1,9H2,2-3H3. The van der Waals surface area contributed by atoms with Crippen LogP contribution in [0.25, 0.3) is 0 Å². The van der Waals surface area contributed by atoms with E-state index in [-0.39, 0.29) is 5.92 Å². The molecule has 0 spiro atoms. The van der Waals surface area contributed by atoms with E-state index in [9.17, 15) is 0 Å². The van der Waals surface area contributed by atoms with E-state index in [4.69, 9.17) is 5.41 Å². The highest BCUT2D eigenvalue weighted by molar-refractivity contribution is 5.99. The number of rotatable bonds is 4. The number of hydrogen-bond donors (Lipinski definition) is 1. The Kier molecular flexibility index (Phi) is 3.63. The molecular weight excluding hydrogens is 170 g/mol. The molecule has 0 aromatic heterocycles. The van der Waals surface area contributed by atoms with Crippen molar-refractivity contribution >= 4 is 5.71 Å². The first-order valence-corrected chi connectivity index (χ1v) is 4.89. The van der Waals surface area contributed by atoms with Gasteiger partial charge >= 0.3 is 0 Å². The Balaban J connectivity index is 2.71. The van der Waals surface area contributed by atoms with E-state index in [2.05, 4.69) is 13.5 Å². The Bertz CT molecular complexity index is 324. The van der Waals surface area contributed by atoms with Gasteiger partial charge in [-0.15, -0.1) is 6.58 Å². The minimum Gasteiger partial charge on any atom is -0.304 e. The van der Waals surface area contributed by atoms with Crippen LogP contribution in [0.5, 0.6) is 0 Å². The van der Waals surface area contributed by atoms with Gasteiger partial charge in [0.2, 0.25) is 0 Å². The summed E-state index contributed by atoms with van der Waals surface area (Å²) in [7, 11) is 0. The first kappa shape index (κ1) is 10.7. The molecule has 74 valence electrons. The highest BCUT2D eigenvalue weighted by Crippen LogP contribution is 2.15. The van der Waals surface area contributed by atoms with Crippen LogP contribution in [0.15, 0.2) is 42.5 Å². The lowest BCUT2D eigenvalue weighted by atomic mass is 9.93. The molecule has 0 saturated carbocycles. The van der Waals surface area contributed by atoms with E-state index >= 15 is 0 Å². The summed E-state index contributed by atoms with van der Waals surface area (Å²) in [5.41, 5.74) is 2.85. The van der Waals surface area contributed by atoms with Gasteiger partial charge in [0.05, 0.1) is 0 Å². The Morgan fingerprint density at radius 3 is 2.43 bits per heavy atom. The van der Waals surface area contributed by atoms with Crippen LogP contribution in [0, 0.1) is 11.3 Å². The van der Waals surface area contributed by atoms with Crippen LogP contribution in [0.1, 0.15) is 25.8 Å². The quantitative estimate of drug-likeness (QED) is 0.549. The van der Waals surface area contributed by atoms with E-state index < -0.39 is 0 Å². The Morgan fingerprint density at radius 1 is 1.36 bits per heavy atom. The molecule has 0 fully saturated rings. The van der Waals surface area contributed by atoms with Crippen molar-refractivity contribution in [2.75, 3.05) is 0 Å². The maximum Gasteiger partial charge on any atom is 0.0417 e. The molecule has 1 atom stereocenters. The fraction of sp³-hybridized carbons (Fsp3) is 0.308. The smallest absolute Gasteiger partial charge is 0.0417 e. The van der Waals surface area contributed by atoms with Gasteiger partial charge in [0.15, 0.2) is 0 Å². The third-order valence-corrected chi connectivity index (χ3v) is 2.23. The van der Waals surface area contributed by atoms with Crippen LogP contribution in [0.2, 0.25) is 0 Å². The zero-order valence-corrected chi connectivity index (χ0v) is 8.88. The summed E-state index contributed by atoms with van der Waals surface area (Å²) in [6, 6.07) is 9.88. The summed E-state index contributed by atoms with van der Waals surface area (Å²) in [6.45, 7) is 7.96. The molecule has 0 bridgehead atoms. The van der Waals surface area contributed by atoms with E-state index in [1.54, 1.807) is 0 Å². The summed E-state index contributed by atoms with van der Waals surface area (Å²) in [5, 5.41) is 7.99. The molecule has 1 unspecified atom stereocenters. The molecule has 0 aliphatic carbocycles. The van der Waals surface area contributed by atoms with Crippen LogP contribution < -0.4 is 0 Å². The Hall–Kier alpha value is -1.37. The fourth-order valence-corrected chi connectivity index (χ4v) is 1.53. The van der Waals surface area contributed by atoms with Gasteiger partial charge in [-0.25, -0.2) is 0 Å². The van der Waals surface area contributed by atoms with Crippen molar-refractivity contribution in [3.8, 4) is 0 Å². The van der Waals surface area contributed by atoms with Crippen molar-refractivity contribution in [3.05, 3.63) is 48.0 Å². The highest BCUT2D eigenvalue weighted by atomic mass is 14.4. The molecule has 1 rings (SSSR count). The largest absolute Gasteiger partial charge is 0.304 e. The van der Waals surface area contributed by atoms with Crippen molar-refractivity contribution in [1.82, 2.24) is 0 Å². The average molecular weight is 187 g/mol. The molecule has 0 radical (unpaired) electrons. The zero-order valence-electron chi connectivity index (χ0n) is 8.88. The predicted molar refractivity (Wildman–Crippen MR) is 61.9 cm³/mol. The lowest BCUT2D eigenvalue weighted by Crippen LogP contribution is -2.11. The second-order valence-electron chi connectivity index (χ2n) is 3.84. The van der Waals surface area contributed by atoms with Crippen LogP contribution in [-0.4, -0.2) is 5.71 Å². The Labute approximate surface area is 86.0 Å². The first-order valence-electron chi connectivity index (χ1n) is 4.89. The van der Waals surface area contributed by atoms with E-state index in [1.807, 2.05) is 37.3 Å². The van der Waals surface area contributed by atoms with Crippen LogP contribution in [-0.2, 0) is 0 Å². The van der Waals surface area contributed by atoms with Gasteiger partial charge in [0.1, 0.15) is 0 Å². The van der Waals surface area contributed by atoms with Gasteiger partial charge < -0.3 is 5.41 Å². The topological polar surface area (TPSA) is 23.9 Å². The molecule has 1 heteroatoms. The molecule has 1 nitrogen and oxygen atoms in total. The third kappa shape index (κ3) is 2.84. The molecule has 0 heterocycles. The minimum atomic E-state index is 0.259. The van der Waals surface area contributed by atoms with E-state index in [0.29, 0.717) is 5.71 Å². The maximum atomic E-state index is 7.99. The molecule has 14 heavy (non-hydrogen) atoms. The zero-order chi connectivity index (χ0) is 10.6. The first-order chi connectivity index (χ1) is 6.61. The van der Waals surface area contributed by atoms with Crippen molar-refractivity contribution in [2.24, 2.45) is 5.92 Å². The maximum absolute atomic E-state index is 7.99. The minimum absolute atomic E-state index is 0.259. The summed E-state index contributed by atoms with van der Waals surface area (Å²) in [5.74, 6) is 0.259. The van der Waals surface area contributed by atoms with Crippen molar-refractivity contribution < 1.29 is 0 Å². The number of nitrogens with one attached hydrogen (secondary N) is 1.